The van der Waals surface area contributed by atoms with Crippen LogP contribution in [0.4, 0.5) is 17.1 Å². The normalized spacial score (nSPS) is 11.6. The zero-order chi connectivity index (χ0) is 40.3. The van der Waals surface area contributed by atoms with Gasteiger partial charge >= 0.3 is 0 Å². The van der Waals surface area contributed by atoms with Crippen LogP contribution in [0.15, 0.2) is 233 Å². The molecule has 10 aromatic carbocycles. The Kier molecular flexibility index (Phi) is 8.17. The van der Waals surface area contributed by atoms with E-state index in [4.69, 9.17) is 8.83 Å². The Labute approximate surface area is 353 Å². The molecule has 12 rings (SSSR count). The van der Waals surface area contributed by atoms with Crippen molar-refractivity contribution in [3.63, 3.8) is 0 Å². The second kappa shape index (κ2) is 14.3. The minimum atomic E-state index is 0.886. The van der Waals surface area contributed by atoms with Gasteiger partial charge in [-0.3, -0.25) is 0 Å². The Morgan fingerprint density at radius 2 is 0.721 bits per heavy atom. The molecule has 0 aliphatic carbocycles. The van der Waals surface area contributed by atoms with Crippen molar-refractivity contribution >= 4 is 71.7 Å². The van der Waals surface area contributed by atoms with Gasteiger partial charge in [0.15, 0.2) is 0 Å². The van der Waals surface area contributed by atoms with Crippen molar-refractivity contribution in [2.75, 3.05) is 4.90 Å². The van der Waals surface area contributed by atoms with E-state index in [1.165, 1.54) is 27.5 Å². The molecular weight excluding hydrogens is 743 g/mol. The lowest BCUT2D eigenvalue weighted by atomic mass is 9.96. The van der Waals surface area contributed by atoms with Crippen LogP contribution in [0.2, 0.25) is 0 Å². The minimum Gasteiger partial charge on any atom is -0.456 e. The number of anilines is 3. The second-order valence-electron chi connectivity index (χ2n) is 15.7. The van der Waals surface area contributed by atoms with Crippen molar-refractivity contribution in [1.29, 1.82) is 0 Å². The van der Waals surface area contributed by atoms with Crippen molar-refractivity contribution in [2.45, 2.75) is 0 Å². The second-order valence-corrected chi connectivity index (χ2v) is 15.7. The summed E-state index contributed by atoms with van der Waals surface area (Å²) >= 11 is 0. The number of hydrogen-bond acceptors (Lipinski definition) is 3. The molecule has 0 amide bonds. The molecule has 0 radical (unpaired) electrons. The largest absolute Gasteiger partial charge is 0.456 e. The standard InChI is InChI=1S/C58H37NO2/c1-2-16-49-40(10-1)11-9-19-50(49)41-24-22-38(23-25-41)39-26-30-46(31-27-39)59(47-14-7-12-42(34-47)44-29-33-57-54(36-44)52-18-4-6-21-56(52)60-57)48-15-8-13-43(35-48)45-28-32-53-51-17-3-5-20-55(51)61-58(53)37-45/h1-37H. The van der Waals surface area contributed by atoms with Crippen LogP contribution in [0.3, 0.4) is 0 Å². The fourth-order valence-corrected chi connectivity index (χ4v) is 9.03. The van der Waals surface area contributed by atoms with Gasteiger partial charge in [0, 0.05) is 38.6 Å². The van der Waals surface area contributed by atoms with Gasteiger partial charge in [-0.15, -0.1) is 0 Å². The van der Waals surface area contributed by atoms with Crippen molar-refractivity contribution < 1.29 is 8.83 Å². The van der Waals surface area contributed by atoms with Crippen molar-refractivity contribution in [3.8, 4) is 44.5 Å². The highest BCUT2D eigenvalue weighted by Crippen LogP contribution is 2.41. The summed E-state index contributed by atoms with van der Waals surface area (Å²) in [6.45, 7) is 0. The van der Waals surface area contributed by atoms with E-state index >= 15 is 0 Å². The first-order valence-corrected chi connectivity index (χ1v) is 20.7. The fourth-order valence-electron chi connectivity index (χ4n) is 9.03. The number of benzene rings is 10. The summed E-state index contributed by atoms with van der Waals surface area (Å²) in [6.07, 6.45) is 0. The average molecular weight is 780 g/mol. The van der Waals surface area contributed by atoms with Crippen LogP contribution in [0, 0.1) is 0 Å². The van der Waals surface area contributed by atoms with E-state index in [1.54, 1.807) is 0 Å². The lowest BCUT2D eigenvalue weighted by Gasteiger charge is -2.27. The summed E-state index contributed by atoms with van der Waals surface area (Å²) in [5, 5.41) is 7.01. The molecule has 0 unspecified atom stereocenters. The van der Waals surface area contributed by atoms with Gasteiger partial charge in [0.05, 0.1) is 0 Å². The zero-order valence-electron chi connectivity index (χ0n) is 33.1. The molecule has 0 saturated carbocycles. The van der Waals surface area contributed by atoms with Gasteiger partial charge in [-0.1, -0.05) is 152 Å². The van der Waals surface area contributed by atoms with Gasteiger partial charge in [-0.05, 0) is 128 Å². The Morgan fingerprint density at radius 1 is 0.246 bits per heavy atom. The number of nitrogens with zero attached hydrogens (tertiary/aromatic N) is 1. The van der Waals surface area contributed by atoms with Crippen LogP contribution in [0.1, 0.15) is 0 Å². The first kappa shape index (κ1) is 34.9. The molecule has 0 atom stereocenters. The minimum absolute atomic E-state index is 0.886. The summed E-state index contributed by atoms with van der Waals surface area (Å²) < 4.78 is 12.5. The number of furan rings is 2. The van der Waals surface area contributed by atoms with E-state index < -0.39 is 0 Å². The van der Waals surface area contributed by atoms with E-state index in [1.807, 2.05) is 24.3 Å². The number of rotatable bonds is 7. The highest BCUT2D eigenvalue weighted by Gasteiger charge is 2.17. The molecule has 0 N–H and O–H groups in total. The zero-order valence-corrected chi connectivity index (χ0v) is 33.1. The van der Waals surface area contributed by atoms with Gasteiger partial charge in [0.2, 0.25) is 0 Å². The summed E-state index contributed by atoms with van der Waals surface area (Å²) in [6, 6.07) is 80.1. The Morgan fingerprint density at radius 3 is 1.44 bits per heavy atom. The van der Waals surface area contributed by atoms with Crippen molar-refractivity contribution in [2.24, 2.45) is 0 Å². The van der Waals surface area contributed by atoms with E-state index in [0.717, 1.165) is 88.8 Å². The molecule has 2 heterocycles. The lowest BCUT2D eigenvalue weighted by Crippen LogP contribution is -2.10. The van der Waals surface area contributed by atoms with Gasteiger partial charge in [0.25, 0.3) is 0 Å². The topological polar surface area (TPSA) is 29.5 Å². The molecule has 3 heteroatoms. The van der Waals surface area contributed by atoms with E-state index in [2.05, 4.69) is 205 Å². The molecule has 286 valence electrons. The number of fused-ring (bicyclic) bond motifs is 7. The SMILES string of the molecule is c1cc(-c2ccc3c(c2)oc2ccccc23)cc(N(c2ccc(-c3ccc(-c4cccc5ccccc45)cc3)cc2)c2cccc(-c3ccc4oc5ccccc5c4c3)c2)c1. The molecule has 0 saturated heterocycles. The molecule has 0 spiro atoms. The lowest BCUT2D eigenvalue weighted by molar-refractivity contribution is 0.668. The maximum Gasteiger partial charge on any atom is 0.136 e. The Bertz CT molecular complexity index is 3590. The molecule has 3 nitrogen and oxygen atoms in total. The van der Waals surface area contributed by atoms with Gasteiger partial charge in [-0.25, -0.2) is 0 Å². The third-order valence-electron chi connectivity index (χ3n) is 12.1. The monoisotopic (exact) mass is 779 g/mol. The van der Waals surface area contributed by atoms with Crippen LogP contribution in [0.5, 0.6) is 0 Å². The average Bonchev–Trinajstić information content (AvgIpc) is 3.90. The Balaban J connectivity index is 0.938. The van der Waals surface area contributed by atoms with Crippen molar-refractivity contribution in [1.82, 2.24) is 0 Å². The summed E-state index contributed by atoms with van der Waals surface area (Å²) in [5.74, 6) is 0. The first-order chi connectivity index (χ1) is 30.2. The number of para-hydroxylation sites is 2. The highest BCUT2D eigenvalue weighted by atomic mass is 16.3. The molecule has 0 aliphatic rings. The fraction of sp³-hybridized carbons (Fsp3) is 0. The quantitative estimate of drug-likeness (QED) is 0.161. The molecule has 61 heavy (non-hydrogen) atoms. The smallest absolute Gasteiger partial charge is 0.136 e. The summed E-state index contributed by atoms with van der Waals surface area (Å²) in [5.41, 5.74) is 16.0. The first-order valence-electron chi connectivity index (χ1n) is 20.7. The molecule has 2 aromatic heterocycles. The summed E-state index contributed by atoms with van der Waals surface area (Å²) in [7, 11) is 0. The maximum atomic E-state index is 6.31. The van der Waals surface area contributed by atoms with Crippen molar-refractivity contribution in [3.05, 3.63) is 224 Å². The molecule has 0 aliphatic heterocycles. The molecular formula is C58H37NO2. The molecule has 12 aromatic rings. The van der Waals surface area contributed by atoms with E-state index in [0.29, 0.717) is 0 Å². The Hall–Kier alpha value is -8.14. The highest BCUT2D eigenvalue weighted by molar-refractivity contribution is 6.07. The van der Waals surface area contributed by atoms with Gasteiger partial charge in [0.1, 0.15) is 22.3 Å². The van der Waals surface area contributed by atoms with Gasteiger partial charge in [-0.2, -0.15) is 0 Å². The molecule has 0 bridgehead atoms. The maximum absolute atomic E-state index is 6.31. The van der Waals surface area contributed by atoms with Crippen LogP contribution in [0.25, 0.3) is 99.2 Å². The predicted octanol–water partition coefficient (Wildman–Crippen LogP) is 16.8. The predicted molar refractivity (Wildman–Crippen MR) is 255 cm³/mol. The van der Waals surface area contributed by atoms with E-state index in [9.17, 15) is 0 Å². The third kappa shape index (κ3) is 6.14. The van der Waals surface area contributed by atoms with Crippen LogP contribution in [-0.2, 0) is 0 Å². The van der Waals surface area contributed by atoms with Crippen LogP contribution >= 0.6 is 0 Å². The third-order valence-corrected chi connectivity index (χ3v) is 12.1. The van der Waals surface area contributed by atoms with Crippen LogP contribution < -0.4 is 4.90 Å². The van der Waals surface area contributed by atoms with Gasteiger partial charge < -0.3 is 13.7 Å². The van der Waals surface area contributed by atoms with Crippen LogP contribution in [-0.4, -0.2) is 0 Å². The van der Waals surface area contributed by atoms with E-state index in [-0.39, 0.29) is 0 Å². The number of hydrogen-bond donors (Lipinski definition) is 0. The summed E-state index contributed by atoms with van der Waals surface area (Å²) in [4.78, 5) is 2.35. The molecule has 0 fully saturated rings.